The van der Waals surface area contributed by atoms with E-state index in [4.69, 9.17) is 0 Å². The lowest BCUT2D eigenvalue weighted by Gasteiger charge is -2.00. The van der Waals surface area contributed by atoms with Crippen molar-refractivity contribution in [3.8, 4) is 0 Å². The molecule has 2 aromatic heterocycles. The first-order chi connectivity index (χ1) is 10.6. The summed E-state index contributed by atoms with van der Waals surface area (Å²) in [5.74, 6) is 0.371. The Hall–Kier alpha value is -2.80. The number of rotatable bonds is 3. The van der Waals surface area contributed by atoms with Crippen molar-refractivity contribution >= 4 is 45.4 Å². The summed E-state index contributed by atoms with van der Waals surface area (Å²) in [7, 11) is 0. The fourth-order valence-electron chi connectivity index (χ4n) is 2.17. The zero-order chi connectivity index (χ0) is 15.7. The summed E-state index contributed by atoms with van der Waals surface area (Å²) >= 11 is 1.07. The molecule has 6 nitrogen and oxygen atoms in total. The predicted octanol–water partition coefficient (Wildman–Crippen LogP) is 3.84. The van der Waals surface area contributed by atoms with Gasteiger partial charge >= 0.3 is 5.00 Å². The van der Waals surface area contributed by atoms with Crippen LogP contribution in [0.2, 0.25) is 0 Å². The second-order valence-electron chi connectivity index (χ2n) is 4.58. The Balaban J connectivity index is 2.02. The van der Waals surface area contributed by atoms with E-state index in [0.717, 1.165) is 27.2 Å². The van der Waals surface area contributed by atoms with Gasteiger partial charge in [-0.15, -0.1) is 0 Å². The molecule has 0 aliphatic carbocycles. The molecule has 3 aromatic rings. The molecule has 0 unspecified atom stereocenters. The summed E-state index contributed by atoms with van der Waals surface area (Å²) in [6, 6.07) is 10.5. The van der Waals surface area contributed by atoms with Gasteiger partial charge < -0.3 is 0 Å². The highest BCUT2D eigenvalue weighted by Gasteiger charge is 2.12. The van der Waals surface area contributed by atoms with Gasteiger partial charge in [0.25, 0.3) is 0 Å². The van der Waals surface area contributed by atoms with Gasteiger partial charge in [-0.2, -0.15) is 0 Å². The number of carbonyl (C=O) groups is 1. The number of benzene rings is 1. The van der Waals surface area contributed by atoms with E-state index in [1.165, 1.54) is 17.6 Å². The lowest BCUT2D eigenvalue weighted by Crippen LogP contribution is -2.07. The van der Waals surface area contributed by atoms with Crippen molar-refractivity contribution in [3.63, 3.8) is 0 Å². The van der Waals surface area contributed by atoms with Crippen LogP contribution in [0.4, 0.5) is 5.00 Å². The quantitative estimate of drug-likeness (QED) is 0.543. The van der Waals surface area contributed by atoms with Crippen molar-refractivity contribution in [2.75, 3.05) is 0 Å². The van der Waals surface area contributed by atoms with Crippen LogP contribution in [0.5, 0.6) is 0 Å². The van der Waals surface area contributed by atoms with Crippen LogP contribution in [0.25, 0.3) is 23.2 Å². The van der Waals surface area contributed by atoms with E-state index in [1.807, 2.05) is 24.3 Å². The van der Waals surface area contributed by atoms with Gasteiger partial charge in [0.1, 0.15) is 5.82 Å². The van der Waals surface area contributed by atoms with E-state index >= 15 is 0 Å². The van der Waals surface area contributed by atoms with Crippen molar-refractivity contribution in [3.05, 3.63) is 57.2 Å². The molecule has 0 bridgehead atoms. The summed E-state index contributed by atoms with van der Waals surface area (Å²) in [6.07, 6.45) is 3.41. The number of fused-ring (bicyclic) bond motifs is 1. The molecule has 0 aliphatic rings. The molecule has 0 radical (unpaired) electrons. The molecule has 0 saturated heterocycles. The molecular weight excluding hydrogens is 302 g/mol. The SMILES string of the molecule is CC(=O)n1c(/C=C/c2ccc([N+](=O)[O-])s2)nc2ccccc21. The second kappa shape index (κ2) is 5.53. The normalized spacial score (nSPS) is 11.3. The van der Waals surface area contributed by atoms with Crippen LogP contribution < -0.4 is 0 Å². The number of carbonyl (C=O) groups excluding carboxylic acids is 1. The van der Waals surface area contributed by atoms with E-state index in [2.05, 4.69) is 4.98 Å². The Morgan fingerprint density at radius 3 is 2.73 bits per heavy atom. The van der Waals surface area contributed by atoms with Gasteiger partial charge in [-0.3, -0.25) is 19.5 Å². The van der Waals surface area contributed by atoms with Crippen molar-refractivity contribution in [2.24, 2.45) is 0 Å². The van der Waals surface area contributed by atoms with Crippen LogP contribution in [-0.4, -0.2) is 20.4 Å². The number of hydrogen-bond donors (Lipinski definition) is 0. The third-order valence-electron chi connectivity index (χ3n) is 3.09. The summed E-state index contributed by atoms with van der Waals surface area (Å²) in [5, 5.41) is 10.8. The number of thiophene rings is 1. The molecule has 7 heteroatoms. The predicted molar refractivity (Wildman–Crippen MR) is 85.9 cm³/mol. The first-order valence-electron chi connectivity index (χ1n) is 6.47. The molecule has 0 saturated carbocycles. The average molecular weight is 313 g/mol. The fraction of sp³-hybridized carbons (Fsp3) is 0.0667. The van der Waals surface area contributed by atoms with Gasteiger partial charge in [-0.05, 0) is 30.4 Å². The maximum atomic E-state index is 11.8. The Morgan fingerprint density at radius 2 is 2.05 bits per heavy atom. The van der Waals surface area contributed by atoms with Crippen LogP contribution in [-0.2, 0) is 0 Å². The Morgan fingerprint density at radius 1 is 1.27 bits per heavy atom. The molecule has 1 aromatic carbocycles. The second-order valence-corrected chi connectivity index (χ2v) is 5.67. The van der Waals surface area contributed by atoms with E-state index < -0.39 is 4.92 Å². The summed E-state index contributed by atoms with van der Waals surface area (Å²) in [6.45, 7) is 1.47. The van der Waals surface area contributed by atoms with Crippen LogP contribution in [0.15, 0.2) is 36.4 Å². The zero-order valence-electron chi connectivity index (χ0n) is 11.6. The summed E-state index contributed by atoms with van der Waals surface area (Å²) < 4.78 is 1.52. The van der Waals surface area contributed by atoms with E-state index in [0.29, 0.717) is 5.82 Å². The third-order valence-corrected chi connectivity index (χ3v) is 4.09. The Kier molecular flexibility index (Phi) is 3.56. The lowest BCUT2D eigenvalue weighted by atomic mass is 10.3. The first kappa shape index (κ1) is 14.2. The van der Waals surface area contributed by atoms with Gasteiger partial charge in [0.05, 0.1) is 16.0 Å². The third kappa shape index (κ3) is 2.53. The minimum Gasteiger partial charge on any atom is -0.274 e. The Bertz CT molecular complexity index is 908. The molecule has 0 amide bonds. The van der Waals surface area contributed by atoms with Crippen LogP contribution >= 0.6 is 11.3 Å². The maximum Gasteiger partial charge on any atom is 0.324 e. The number of aromatic nitrogens is 2. The monoisotopic (exact) mass is 313 g/mol. The topological polar surface area (TPSA) is 78.0 Å². The molecule has 2 heterocycles. The molecule has 0 atom stereocenters. The number of hydrogen-bond acceptors (Lipinski definition) is 5. The number of nitrogens with zero attached hydrogens (tertiary/aromatic N) is 3. The molecule has 3 rings (SSSR count). The highest BCUT2D eigenvalue weighted by atomic mass is 32.1. The van der Waals surface area contributed by atoms with E-state index in [1.54, 1.807) is 18.2 Å². The Labute approximate surface area is 129 Å². The van der Waals surface area contributed by atoms with Gasteiger partial charge in [-0.1, -0.05) is 23.5 Å². The fourth-order valence-corrected chi connectivity index (χ4v) is 2.90. The molecule has 110 valence electrons. The van der Waals surface area contributed by atoms with Crippen LogP contribution in [0.3, 0.4) is 0 Å². The highest BCUT2D eigenvalue weighted by molar-refractivity contribution is 7.16. The minimum atomic E-state index is -0.424. The van der Waals surface area contributed by atoms with E-state index in [9.17, 15) is 14.9 Å². The van der Waals surface area contributed by atoms with Crippen LogP contribution in [0.1, 0.15) is 22.4 Å². The average Bonchev–Trinajstić information content (AvgIpc) is 3.09. The van der Waals surface area contributed by atoms with Gasteiger partial charge in [0.15, 0.2) is 0 Å². The minimum absolute atomic E-state index is 0.0831. The molecule has 0 N–H and O–H groups in total. The number of imidazole rings is 1. The summed E-state index contributed by atoms with van der Waals surface area (Å²) in [4.78, 5) is 27.3. The standard InChI is InChI=1S/C15H11N3O3S/c1-10(19)17-13-5-3-2-4-12(13)16-14(17)8-6-11-7-9-15(22-11)18(20)21/h2-9H,1H3/b8-6+. The summed E-state index contributed by atoms with van der Waals surface area (Å²) in [5.41, 5.74) is 1.47. The van der Waals surface area contributed by atoms with Crippen molar-refractivity contribution in [1.29, 1.82) is 0 Å². The number of para-hydroxylation sites is 2. The molecule has 0 aliphatic heterocycles. The molecule has 0 spiro atoms. The number of nitro groups is 1. The lowest BCUT2D eigenvalue weighted by molar-refractivity contribution is -0.380. The van der Waals surface area contributed by atoms with Crippen molar-refractivity contribution < 1.29 is 9.72 Å². The van der Waals surface area contributed by atoms with Gasteiger partial charge in [0.2, 0.25) is 5.91 Å². The largest absolute Gasteiger partial charge is 0.324 e. The van der Waals surface area contributed by atoms with Crippen molar-refractivity contribution in [2.45, 2.75) is 6.92 Å². The molecular formula is C15H11N3O3S. The zero-order valence-corrected chi connectivity index (χ0v) is 12.4. The highest BCUT2D eigenvalue weighted by Crippen LogP contribution is 2.26. The first-order valence-corrected chi connectivity index (χ1v) is 7.28. The van der Waals surface area contributed by atoms with Gasteiger partial charge in [-0.25, -0.2) is 4.98 Å². The smallest absolute Gasteiger partial charge is 0.274 e. The van der Waals surface area contributed by atoms with E-state index in [-0.39, 0.29) is 10.9 Å². The van der Waals surface area contributed by atoms with Crippen molar-refractivity contribution in [1.82, 2.24) is 9.55 Å². The molecule has 0 fully saturated rings. The van der Waals surface area contributed by atoms with Gasteiger partial charge in [0, 0.05) is 17.9 Å². The maximum absolute atomic E-state index is 11.8. The molecule has 22 heavy (non-hydrogen) atoms. The van der Waals surface area contributed by atoms with Crippen LogP contribution in [0, 0.1) is 10.1 Å².